The lowest BCUT2D eigenvalue weighted by atomic mass is 9.75. The number of benzene rings is 1. The number of hydrogen-bond donors (Lipinski definition) is 2. The number of rotatable bonds is 7. The summed E-state index contributed by atoms with van der Waals surface area (Å²) in [5, 5.41) is 0. The number of sulfonamides is 1. The molecular formula is C19H30F3N2O6PS. The van der Waals surface area contributed by atoms with Crippen molar-refractivity contribution in [2.75, 3.05) is 19.3 Å². The normalized spacial score (nSPS) is 18.8. The molecule has 0 radical (unpaired) electrons. The van der Waals surface area contributed by atoms with Gasteiger partial charge in [0, 0.05) is 6.54 Å². The van der Waals surface area contributed by atoms with E-state index in [1.54, 1.807) is 0 Å². The van der Waals surface area contributed by atoms with Gasteiger partial charge in [-0.3, -0.25) is 4.90 Å². The maximum absolute atomic E-state index is 13.7. The Morgan fingerprint density at radius 2 is 1.66 bits per heavy atom. The molecular weight excluding hydrogens is 472 g/mol. The summed E-state index contributed by atoms with van der Waals surface area (Å²) >= 11 is 0. The molecule has 1 heterocycles. The molecule has 0 unspecified atom stereocenters. The zero-order chi connectivity index (χ0) is 24.5. The van der Waals surface area contributed by atoms with Crippen LogP contribution in [0.1, 0.15) is 50.8 Å². The van der Waals surface area contributed by atoms with E-state index in [1.165, 1.54) is 12.1 Å². The topological polar surface area (TPSA) is 107 Å². The van der Waals surface area contributed by atoms with E-state index < -0.39 is 40.1 Å². The lowest BCUT2D eigenvalue weighted by Crippen LogP contribution is -2.41. The van der Waals surface area contributed by atoms with Gasteiger partial charge in [-0.2, -0.15) is 17.8 Å². The zero-order valence-corrected chi connectivity index (χ0v) is 20.1. The smallest absolute Gasteiger partial charge is 0.302 e. The third-order valence-corrected chi connectivity index (χ3v) is 6.99. The minimum absolute atomic E-state index is 0.223. The first-order valence-electron chi connectivity index (χ1n) is 10.0. The average molecular weight is 502 g/mol. The molecule has 1 aromatic rings. The highest BCUT2D eigenvalue weighted by Gasteiger charge is 2.51. The van der Waals surface area contributed by atoms with Crippen molar-refractivity contribution in [1.82, 2.24) is 9.37 Å². The minimum atomic E-state index is -5.57. The molecule has 1 aliphatic heterocycles. The van der Waals surface area contributed by atoms with Crippen LogP contribution in [0.3, 0.4) is 0 Å². The second kappa shape index (κ2) is 9.69. The van der Waals surface area contributed by atoms with Gasteiger partial charge in [-0.1, -0.05) is 49.5 Å². The molecule has 13 heteroatoms. The second-order valence-corrected chi connectivity index (χ2v) is 12.2. The van der Waals surface area contributed by atoms with Gasteiger partial charge in [0.25, 0.3) is 0 Å². The van der Waals surface area contributed by atoms with E-state index in [1.807, 2.05) is 0 Å². The number of hydroxylamine groups is 1. The van der Waals surface area contributed by atoms with Gasteiger partial charge in [0.1, 0.15) is 0 Å². The first kappa shape index (κ1) is 27.2. The highest BCUT2D eigenvalue weighted by Crippen LogP contribution is 2.46. The number of alkyl halides is 3. The van der Waals surface area contributed by atoms with E-state index in [-0.39, 0.29) is 5.41 Å². The number of likely N-dealkylation sites (tertiary alicyclic amines) is 1. The fraction of sp³-hybridized carbons (Fsp3) is 0.684. The van der Waals surface area contributed by atoms with Crippen LogP contribution in [0.25, 0.3) is 0 Å². The number of nitrogens with zero attached hydrogens (tertiary/aromatic N) is 2. The van der Waals surface area contributed by atoms with Crippen LogP contribution in [0.15, 0.2) is 24.3 Å². The fourth-order valence-electron chi connectivity index (χ4n) is 3.85. The number of halogens is 3. The Morgan fingerprint density at radius 1 is 1.16 bits per heavy atom. The zero-order valence-electron chi connectivity index (χ0n) is 18.4. The van der Waals surface area contributed by atoms with Crippen molar-refractivity contribution >= 4 is 17.8 Å². The molecule has 0 saturated carbocycles. The van der Waals surface area contributed by atoms with Crippen molar-refractivity contribution < 1.29 is 40.6 Å². The molecule has 184 valence electrons. The third kappa shape index (κ3) is 7.79. The van der Waals surface area contributed by atoms with Crippen molar-refractivity contribution in [3.8, 4) is 0 Å². The summed E-state index contributed by atoms with van der Waals surface area (Å²) in [6.45, 7) is 8.89. The molecule has 8 nitrogen and oxygen atoms in total. The van der Waals surface area contributed by atoms with Crippen LogP contribution in [0, 0.1) is 11.3 Å². The fourth-order valence-corrected chi connectivity index (χ4v) is 5.53. The molecule has 0 amide bonds. The van der Waals surface area contributed by atoms with E-state index in [9.17, 15) is 26.2 Å². The summed E-state index contributed by atoms with van der Waals surface area (Å²) in [6.07, 6.45) is -2.76. The third-order valence-electron chi connectivity index (χ3n) is 5.55. The van der Waals surface area contributed by atoms with Crippen molar-refractivity contribution in [2.45, 2.75) is 52.4 Å². The van der Waals surface area contributed by atoms with Gasteiger partial charge in [-0.25, -0.2) is 13.0 Å². The monoisotopic (exact) mass is 502 g/mol. The molecule has 0 aromatic heterocycles. The summed E-state index contributed by atoms with van der Waals surface area (Å²) in [6, 6.07) is 2.17. The van der Waals surface area contributed by atoms with Crippen molar-refractivity contribution in [2.24, 2.45) is 11.3 Å². The van der Waals surface area contributed by atoms with Crippen LogP contribution >= 0.6 is 7.82 Å². The van der Waals surface area contributed by atoms with E-state index in [4.69, 9.17) is 9.79 Å². The van der Waals surface area contributed by atoms with Gasteiger partial charge in [0.2, 0.25) is 10.0 Å². The van der Waals surface area contributed by atoms with Gasteiger partial charge >= 0.3 is 14.0 Å². The molecule has 1 saturated heterocycles. The van der Waals surface area contributed by atoms with E-state index in [0.717, 1.165) is 43.6 Å². The molecule has 2 N–H and O–H groups in total. The maximum atomic E-state index is 13.7. The number of phosphoric acid groups is 1. The highest BCUT2D eigenvalue weighted by atomic mass is 32.2. The molecule has 1 aromatic carbocycles. The van der Waals surface area contributed by atoms with Gasteiger partial charge in [0.05, 0.1) is 6.26 Å². The van der Waals surface area contributed by atoms with Crippen molar-refractivity contribution in [3.05, 3.63) is 35.4 Å². The minimum Gasteiger partial charge on any atom is -0.302 e. The van der Waals surface area contributed by atoms with Crippen LogP contribution < -0.4 is 0 Å². The molecule has 2 rings (SSSR count). The molecule has 1 aliphatic rings. The molecule has 1 fully saturated rings. The predicted octanol–water partition coefficient (Wildman–Crippen LogP) is 3.83. The summed E-state index contributed by atoms with van der Waals surface area (Å²) in [4.78, 5) is 20.0. The van der Waals surface area contributed by atoms with E-state index >= 15 is 0 Å². The Balaban J connectivity index is 2.21. The predicted molar refractivity (Wildman–Crippen MR) is 113 cm³/mol. The van der Waals surface area contributed by atoms with Gasteiger partial charge in [-0.05, 0) is 48.4 Å². The molecule has 0 spiro atoms. The maximum Gasteiger partial charge on any atom is 0.487 e. The Hall–Kier alpha value is -1.01. The van der Waals surface area contributed by atoms with Crippen molar-refractivity contribution in [3.63, 3.8) is 0 Å². The van der Waals surface area contributed by atoms with Gasteiger partial charge < -0.3 is 9.79 Å². The lowest BCUT2D eigenvalue weighted by Gasteiger charge is -2.38. The first-order valence-corrected chi connectivity index (χ1v) is 13.4. The Morgan fingerprint density at radius 3 is 2.03 bits per heavy atom. The van der Waals surface area contributed by atoms with E-state index in [2.05, 4.69) is 30.3 Å². The molecule has 32 heavy (non-hydrogen) atoms. The SMILES string of the molecule is CC(C)(C)C1CCN(Cc2ccc([C@H](N(OP(=O)(O)O)S(C)(=O)=O)C(F)(F)F)cc2)CC1. The van der Waals surface area contributed by atoms with E-state index in [0.29, 0.717) is 18.7 Å². The number of piperidine rings is 1. The van der Waals surface area contributed by atoms with Crippen LogP contribution in [0.4, 0.5) is 13.2 Å². The standard InChI is InChI=1S/C19H30F3N2O6PS/c1-18(2,3)16-9-11-23(12-10-16)13-14-5-7-15(8-6-14)17(19(20,21)22)24(32(4,28)29)30-31(25,26)27/h5-8,16-17H,9-13H2,1-4H3,(H2,25,26,27)/t17-/m0/s1. The van der Waals surface area contributed by atoms with Crippen LogP contribution in [0.5, 0.6) is 0 Å². The lowest BCUT2D eigenvalue weighted by molar-refractivity contribution is -0.214. The van der Waals surface area contributed by atoms with Crippen LogP contribution in [0.2, 0.25) is 0 Å². The van der Waals surface area contributed by atoms with Crippen molar-refractivity contribution in [1.29, 1.82) is 0 Å². The number of hydrogen-bond acceptors (Lipinski definition) is 5. The summed E-state index contributed by atoms with van der Waals surface area (Å²) in [5.41, 5.74) is 0.443. The summed E-state index contributed by atoms with van der Waals surface area (Å²) < 4.78 is 79.2. The Kier molecular flexibility index (Phi) is 8.25. The molecule has 1 atom stereocenters. The highest BCUT2D eigenvalue weighted by molar-refractivity contribution is 7.88. The Bertz CT molecular complexity index is 920. The van der Waals surface area contributed by atoms with Gasteiger partial charge in [0.15, 0.2) is 6.04 Å². The summed E-state index contributed by atoms with van der Waals surface area (Å²) in [7, 11) is -10.4. The Labute approximate surface area is 186 Å². The van der Waals surface area contributed by atoms with Crippen LogP contribution in [-0.2, 0) is 25.8 Å². The molecule has 0 aliphatic carbocycles. The molecule has 0 bridgehead atoms. The first-order chi connectivity index (χ1) is 14.4. The average Bonchev–Trinajstić information content (AvgIpc) is 2.59. The van der Waals surface area contributed by atoms with Crippen LogP contribution in [-0.4, -0.2) is 53.1 Å². The largest absolute Gasteiger partial charge is 0.487 e. The second-order valence-electron chi connectivity index (χ2n) is 9.19. The van der Waals surface area contributed by atoms with Gasteiger partial charge in [-0.15, -0.1) is 0 Å². The summed E-state index contributed by atoms with van der Waals surface area (Å²) in [5.74, 6) is 0.602. The quantitative estimate of drug-likeness (QED) is 0.431.